The van der Waals surface area contributed by atoms with E-state index in [4.69, 9.17) is 16.7 Å². The molecule has 3 N–H and O–H groups in total. The molecule has 0 saturated heterocycles. The van der Waals surface area contributed by atoms with Crippen molar-refractivity contribution >= 4 is 34.6 Å². The summed E-state index contributed by atoms with van der Waals surface area (Å²) in [6, 6.07) is 12.3. The van der Waals surface area contributed by atoms with Gasteiger partial charge in [-0.3, -0.25) is 9.48 Å². The molecule has 1 amide bonds. The Balaban J connectivity index is 1.85. The average molecular weight is 389 g/mol. The second-order valence-corrected chi connectivity index (χ2v) is 7.24. The van der Waals surface area contributed by atoms with Crippen molar-refractivity contribution in [2.45, 2.75) is 11.3 Å². The third-order valence-electron chi connectivity index (χ3n) is 3.77. The Kier molecular flexibility index (Phi) is 5.63. The van der Waals surface area contributed by atoms with Crippen molar-refractivity contribution in [1.82, 2.24) is 9.78 Å². The molecule has 1 heterocycles. The first-order chi connectivity index (χ1) is 12.4. The highest BCUT2D eigenvalue weighted by Gasteiger charge is 2.14. The molecular weight excluding hydrogens is 372 g/mol. The van der Waals surface area contributed by atoms with Crippen LogP contribution in [0.4, 0.5) is 5.69 Å². The Morgan fingerprint density at radius 1 is 1.31 bits per heavy atom. The van der Waals surface area contributed by atoms with E-state index in [0.717, 1.165) is 16.7 Å². The number of nitrogens with zero attached hydrogens (tertiary/aromatic N) is 2. The number of aryl methyl sites for hydroxylation is 1. The van der Waals surface area contributed by atoms with E-state index in [1.54, 1.807) is 48.3 Å². The Morgan fingerprint density at radius 3 is 2.73 bits per heavy atom. The third kappa shape index (κ3) is 4.44. The van der Waals surface area contributed by atoms with E-state index in [1.807, 2.05) is 18.3 Å². The van der Waals surface area contributed by atoms with E-state index in [-0.39, 0.29) is 12.3 Å². The van der Waals surface area contributed by atoms with Crippen LogP contribution < -0.4 is 10.5 Å². The predicted octanol–water partition coefficient (Wildman–Crippen LogP) is 2.90. The van der Waals surface area contributed by atoms with Crippen molar-refractivity contribution in [3.05, 3.63) is 65.4 Å². The molecular formula is C18H17ClN4O2S. The number of benzene rings is 2. The number of nitrogens with one attached hydrogen (secondary N) is 1. The number of rotatable bonds is 5. The number of nitrogens with two attached hydrogens (primary N) is 1. The van der Waals surface area contributed by atoms with Gasteiger partial charge in [-0.1, -0.05) is 29.8 Å². The molecule has 0 bridgehead atoms. The quantitative estimate of drug-likeness (QED) is 0.657. The lowest BCUT2D eigenvalue weighted by atomic mass is 10.1. The highest BCUT2D eigenvalue weighted by molar-refractivity contribution is 7.89. The van der Waals surface area contributed by atoms with Crippen LogP contribution in [-0.4, -0.2) is 20.2 Å². The summed E-state index contributed by atoms with van der Waals surface area (Å²) in [5.41, 5.74) is 2.85. The largest absolute Gasteiger partial charge is 0.593 e. The number of amides is 1. The van der Waals surface area contributed by atoms with Gasteiger partial charge in [-0.2, -0.15) is 5.10 Å². The monoisotopic (exact) mass is 388 g/mol. The second-order valence-electron chi connectivity index (χ2n) is 5.76. The number of carbonyl (C=O) groups is 1. The van der Waals surface area contributed by atoms with E-state index in [9.17, 15) is 9.35 Å². The summed E-state index contributed by atoms with van der Waals surface area (Å²) in [5.74, 6) is -0.227. The van der Waals surface area contributed by atoms with Crippen molar-refractivity contribution in [2.75, 3.05) is 5.32 Å². The van der Waals surface area contributed by atoms with Gasteiger partial charge in [-0.15, -0.1) is 5.14 Å². The lowest BCUT2D eigenvalue weighted by Crippen LogP contribution is -2.16. The fourth-order valence-corrected chi connectivity index (χ4v) is 3.23. The molecule has 0 aliphatic carbocycles. The Morgan fingerprint density at radius 2 is 2.08 bits per heavy atom. The highest BCUT2D eigenvalue weighted by atomic mass is 35.5. The van der Waals surface area contributed by atoms with Crippen LogP contribution in [0, 0.1) is 0 Å². The smallest absolute Gasteiger partial charge is 0.228 e. The average Bonchev–Trinajstić information content (AvgIpc) is 3.03. The zero-order chi connectivity index (χ0) is 18.7. The van der Waals surface area contributed by atoms with Crippen LogP contribution in [0.2, 0.25) is 5.02 Å². The highest BCUT2D eigenvalue weighted by Crippen LogP contribution is 2.26. The maximum absolute atomic E-state index is 12.4. The molecule has 3 aromatic rings. The molecule has 1 unspecified atom stereocenters. The topological polar surface area (TPSA) is 96.0 Å². The van der Waals surface area contributed by atoms with Crippen LogP contribution in [0.15, 0.2) is 59.8 Å². The van der Waals surface area contributed by atoms with Gasteiger partial charge in [0, 0.05) is 41.7 Å². The minimum atomic E-state index is -1.67. The molecule has 0 aliphatic heterocycles. The number of anilines is 1. The SMILES string of the molecule is Cn1cc(-c2cc(NC(=O)Cc3ccccc3Cl)cc([S+](N)[O-])c2)cn1. The van der Waals surface area contributed by atoms with Crippen molar-refractivity contribution in [1.29, 1.82) is 0 Å². The molecule has 0 spiro atoms. The van der Waals surface area contributed by atoms with Crippen molar-refractivity contribution < 1.29 is 9.35 Å². The van der Waals surface area contributed by atoms with Crippen molar-refractivity contribution in [2.24, 2.45) is 12.2 Å². The van der Waals surface area contributed by atoms with Gasteiger partial charge in [-0.05, 0) is 23.3 Å². The normalized spacial score (nSPS) is 12.0. The van der Waals surface area contributed by atoms with E-state index in [2.05, 4.69) is 10.4 Å². The van der Waals surface area contributed by atoms with Gasteiger partial charge in [0.2, 0.25) is 5.91 Å². The van der Waals surface area contributed by atoms with Gasteiger partial charge in [-0.25, -0.2) is 0 Å². The van der Waals surface area contributed by atoms with Gasteiger partial charge >= 0.3 is 0 Å². The van der Waals surface area contributed by atoms with Gasteiger partial charge in [0.25, 0.3) is 0 Å². The lowest BCUT2D eigenvalue weighted by molar-refractivity contribution is -0.115. The number of carbonyl (C=O) groups excluding carboxylic acids is 1. The van der Waals surface area contributed by atoms with Crippen LogP contribution in [0.3, 0.4) is 0 Å². The molecule has 3 rings (SSSR count). The van der Waals surface area contributed by atoms with E-state index in [1.165, 1.54) is 0 Å². The zero-order valence-electron chi connectivity index (χ0n) is 14.0. The van der Waals surface area contributed by atoms with Crippen molar-refractivity contribution in [3.63, 3.8) is 0 Å². The van der Waals surface area contributed by atoms with Crippen LogP contribution in [-0.2, 0) is 29.6 Å². The van der Waals surface area contributed by atoms with Crippen LogP contribution >= 0.6 is 11.6 Å². The summed E-state index contributed by atoms with van der Waals surface area (Å²) in [4.78, 5) is 12.8. The molecule has 8 heteroatoms. The number of halogens is 1. The minimum Gasteiger partial charge on any atom is -0.593 e. The molecule has 26 heavy (non-hydrogen) atoms. The second kappa shape index (κ2) is 7.92. The predicted molar refractivity (Wildman–Crippen MR) is 103 cm³/mol. The fourth-order valence-electron chi connectivity index (χ4n) is 2.54. The molecule has 6 nitrogen and oxygen atoms in total. The summed E-state index contributed by atoms with van der Waals surface area (Å²) in [6.45, 7) is 0. The first-order valence-corrected chi connectivity index (χ1v) is 9.35. The van der Waals surface area contributed by atoms with Crippen LogP contribution in [0.5, 0.6) is 0 Å². The summed E-state index contributed by atoms with van der Waals surface area (Å²) in [6.07, 6.45) is 3.65. The molecule has 0 saturated carbocycles. The Labute approximate surface area is 159 Å². The number of hydrogen-bond acceptors (Lipinski definition) is 4. The molecule has 0 aliphatic rings. The lowest BCUT2D eigenvalue weighted by Gasteiger charge is -2.11. The maximum Gasteiger partial charge on any atom is 0.228 e. The van der Waals surface area contributed by atoms with Gasteiger partial charge in [0.15, 0.2) is 4.90 Å². The summed E-state index contributed by atoms with van der Waals surface area (Å²) in [5, 5.41) is 13.0. The Bertz CT molecular complexity index is 942. The number of hydrogen-bond donors (Lipinski definition) is 2. The molecule has 134 valence electrons. The summed E-state index contributed by atoms with van der Waals surface area (Å²) >= 11 is 4.43. The van der Waals surface area contributed by atoms with Crippen molar-refractivity contribution in [3.8, 4) is 11.1 Å². The molecule has 0 radical (unpaired) electrons. The first kappa shape index (κ1) is 18.5. The summed E-state index contributed by atoms with van der Waals surface area (Å²) in [7, 11) is 1.81. The molecule has 2 aromatic carbocycles. The molecule has 1 aromatic heterocycles. The standard InChI is InChI=1S/C18H17ClN4O2S/c1-23-11-14(10-21-23)13-6-15(9-16(7-13)26(20)25)22-18(24)8-12-4-2-3-5-17(12)19/h2-7,9-11H,8,20H2,1H3,(H,22,24). The Hall–Kier alpha value is -2.32. The van der Waals surface area contributed by atoms with Gasteiger partial charge < -0.3 is 9.87 Å². The fraction of sp³-hybridized carbons (Fsp3) is 0.111. The van der Waals surface area contributed by atoms with E-state index < -0.39 is 11.4 Å². The van der Waals surface area contributed by atoms with Crippen LogP contribution in [0.25, 0.3) is 11.1 Å². The minimum absolute atomic E-state index is 0.137. The third-order valence-corrected chi connectivity index (χ3v) is 4.84. The van der Waals surface area contributed by atoms with E-state index >= 15 is 0 Å². The molecule has 1 atom stereocenters. The van der Waals surface area contributed by atoms with Gasteiger partial charge in [0.05, 0.1) is 24.0 Å². The first-order valence-electron chi connectivity index (χ1n) is 7.76. The van der Waals surface area contributed by atoms with Gasteiger partial charge in [0.1, 0.15) is 0 Å². The van der Waals surface area contributed by atoms with Crippen LogP contribution in [0.1, 0.15) is 5.56 Å². The van der Waals surface area contributed by atoms with E-state index in [0.29, 0.717) is 15.6 Å². The maximum atomic E-state index is 12.4. The molecule has 0 fully saturated rings. The summed E-state index contributed by atoms with van der Waals surface area (Å²) < 4.78 is 13.4. The zero-order valence-corrected chi connectivity index (χ0v) is 15.6. The number of aromatic nitrogens is 2.